The number of hydrogen-bond donors (Lipinski definition) is 2. The summed E-state index contributed by atoms with van der Waals surface area (Å²) >= 11 is 18.3. The van der Waals surface area contributed by atoms with Gasteiger partial charge in [-0.25, -0.2) is 5.43 Å². The van der Waals surface area contributed by atoms with Gasteiger partial charge in [0.2, 0.25) is 10.0 Å². The van der Waals surface area contributed by atoms with E-state index in [1.165, 1.54) is 18.6 Å². The van der Waals surface area contributed by atoms with Gasteiger partial charge in [0, 0.05) is 23.5 Å². The highest BCUT2D eigenvalue weighted by Gasteiger charge is 2.36. The van der Waals surface area contributed by atoms with Crippen LogP contribution >= 0.6 is 34.8 Å². The largest absolute Gasteiger partial charge is 0.466 e. The SMILES string of the molecule is O=C(NN=Cc1ccc(OC(NC(=O)c2cccc3ccccc23)C(Cl)(Cl)Cl)cc1)c1ccncc1. The third-order valence-corrected chi connectivity index (χ3v) is 5.64. The van der Waals surface area contributed by atoms with Gasteiger partial charge in [0.05, 0.1) is 6.21 Å². The van der Waals surface area contributed by atoms with Crippen molar-refractivity contribution in [1.82, 2.24) is 15.7 Å². The van der Waals surface area contributed by atoms with Gasteiger partial charge in [-0.15, -0.1) is 0 Å². The molecule has 10 heteroatoms. The Morgan fingerprint density at radius 3 is 2.31 bits per heavy atom. The van der Waals surface area contributed by atoms with Crippen LogP contribution < -0.4 is 15.5 Å². The lowest BCUT2D eigenvalue weighted by Gasteiger charge is -2.26. The molecule has 1 aromatic heterocycles. The standard InChI is InChI=1S/C26H19Cl3N4O3/c27-26(28,29)25(32-24(35)22-7-3-5-18-4-1-2-6-21(18)22)36-20-10-8-17(9-11-20)16-31-33-23(34)19-12-14-30-15-13-19/h1-16,25H,(H,32,35)(H,33,34). The number of ether oxygens (including phenoxy) is 1. The lowest BCUT2D eigenvalue weighted by atomic mass is 10.0. The summed E-state index contributed by atoms with van der Waals surface area (Å²) in [4.78, 5) is 28.9. The molecule has 0 spiro atoms. The topological polar surface area (TPSA) is 92.7 Å². The first kappa shape index (κ1) is 25.4. The Morgan fingerprint density at radius 2 is 1.58 bits per heavy atom. The molecule has 0 aliphatic heterocycles. The fraction of sp³-hybridized carbons (Fsp3) is 0.0769. The van der Waals surface area contributed by atoms with E-state index in [1.807, 2.05) is 30.3 Å². The molecule has 1 heterocycles. The number of fused-ring (bicyclic) bond motifs is 1. The number of benzene rings is 3. The molecule has 3 aromatic carbocycles. The molecule has 1 unspecified atom stereocenters. The number of alkyl halides is 3. The Hall–Kier alpha value is -3.65. The second-order valence-corrected chi connectivity index (χ2v) is 9.91. The van der Waals surface area contributed by atoms with Crippen molar-refractivity contribution < 1.29 is 14.3 Å². The normalized spacial score (nSPS) is 12.3. The molecule has 36 heavy (non-hydrogen) atoms. The zero-order chi connectivity index (χ0) is 25.5. The van der Waals surface area contributed by atoms with Crippen LogP contribution in [-0.2, 0) is 0 Å². The monoisotopic (exact) mass is 540 g/mol. The second kappa shape index (κ2) is 11.4. The van der Waals surface area contributed by atoms with Crippen LogP contribution in [0.25, 0.3) is 10.8 Å². The number of rotatable bonds is 7. The van der Waals surface area contributed by atoms with Gasteiger partial charge >= 0.3 is 0 Å². The summed E-state index contributed by atoms with van der Waals surface area (Å²) in [6.45, 7) is 0. The minimum absolute atomic E-state index is 0.350. The van der Waals surface area contributed by atoms with E-state index in [9.17, 15) is 9.59 Å². The number of amides is 2. The van der Waals surface area contributed by atoms with Gasteiger partial charge in [-0.05, 0) is 58.8 Å². The predicted molar refractivity (Wildman–Crippen MR) is 142 cm³/mol. The Labute approximate surface area is 222 Å². The molecule has 182 valence electrons. The maximum Gasteiger partial charge on any atom is 0.271 e. The quantitative estimate of drug-likeness (QED) is 0.140. The summed E-state index contributed by atoms with van der Waals surface area (Å²) in [5.41, 5.74) is 3.98. The Balaban J connectivity index is 1.42. The molecular formula is C26H19Cl3N4O3. The van der Waals surface area contributed by atoms with Crippen LogP contribution in [0, 0.1) is 0 Å². The van der Waals surface area contributed by atoms with Crippen LogP contribution in [0.2, 0.25) is 0 Å². The van der Waals surface area contributed by atoms with E-state index < -0.39 is 15.9 Å². The molecule has 0 radical (unpaired) electrons. The summed E-state index contributed by atoms with van der Waals surface area (Å²) in [6, 6.07) is 22.7. The highest BCUT2D eigenvalue weighted by Crippen LogP contribution is 2.32. The first-order valence-electron chi connectivity index (χ1n) is 10.7. The number of nitrogens with one attached hydrogen (secondary N) is 2. The molecule has 2 N–H and O–H groups in total. The fourth-order valence-corrected chi connectivity index (χ4v) is 3.60. The molecule has 0 saturated heterocycles. The number of halogens is 3. The molecule has 1 atom stereocenters. The fourth-order valence-electron chi connectivity index (χ4n) is 3.30. The van der Waals surface area contributed by atoms with Gasteiger partial charge in [-0.1, -0.05) is 71.2 Å². The van der Waals surface area contributed by atoms with Gasteiger partial charge in [-0.2, -0.15) is 5.10 Å². The lowest BCUT2D eigenvalue weighted by Crippen LogP contribution is -2.47. The van der Waals surface area contributed by atoms with Crippen molar-refractivity contribution in [2.24, 2.45) is 5.10 Å². The maximum atomic E-state index is 13.0. The van der Waals surface area contributed by atoms with Gasteiger partial charge in [0.15, 0.2) is 0 Å². The zero-order valence-electron chi connectivity index (χ0n) is 18.6. The Morgan fingerprint density at radius 1 is 0.889 bits per heavy atom. The molecule has 2 amide bonds. The smallest absolute Gasteiger partial charge is 0.271 e. The number of carbonyl (C=O) groups is 2. The minimum Gasteiger partial charge on any atom is -0.466 e. The van der Waals surface area contributed by atoms with E-state index in [0.29, 0.717) is 22.4 Å². The number of nitrogens with zero attached hydrogens (tertiary/aromatic N) is 2. The molecule has 0 saturated carbocycles. The number of hydrazone groups is 1. The van der Waals surface area contributed by atoms with Crippen LogP contribution in [0.4, 0.5) is 0 Å². The van der Waals surface area contributed by atoms with E-state index in [1.54, 1.807) is 48.5 Å². The van der Waals surface area contributed by atoms with E-state index >= 15 is 0 Å². The second-order valence-electron chi connectivity index (χ2n) is 7.54. The number of pyridine rings is 1. The molecule has 0 aliphatic carbocycles. The van der Waals surface area contributed by atoms with Crippen LogP contribution in [0.5, 0.6) is 5.75 Å². The average Bonchev–Trinajstić information content (AvgIpc) is 2.88. The Bertz CT molecular complexity index is 1390. The highest BCUT2D eigenvalue weighted by molar-refractivity contribution is 6.68. The predicted octanol–water partition coefficient (Wildman–Crippen LogP) is 5.50. The van der Waals surface area contributed by atoms with Gasteiger partial charge < -0.3 is 10.1 Å². The molecule has 0 fully saturated rings. The zero-order valence-corrected chi connectivity index (χ0v) is 20.8. The lowest BCUT2D eigenvalue weighted by molar-refractivity contribution is 0.0834. The van der Waals surface area contributed by atoms with E-state index in [2.05, 4.69) is 20.8 Å². The van der Waals surface area contributed by atoms with Crippen molar-refractivity contribution in [2.45, 2.75) is 10.0 Å². The van der Waals surface area contributed by atoms with Gasteiger partial charge in [0.1, 0.15) is 5.75 Å². The molecule has 0 aliphatic rings. The minimum atomic E-state index is -1.95. The van der Waals surface area contributed by atoms with E-state index in [0.717, 1.165) is 10.8 Å². The van der Waals surface area contributed by atoms with Crippen LogP contribution in [0.1, 0.15) is 26.3 Å². The third kappa shape index (κ3) is 6.51. The molecule has 4 rings (SSSR count). The van der Waals surface area contributed by atoms with Gasteiger partial charge in [-0.3, -0.25) is 14.6 Å². The average molecular weight is 542 g/mol. The van der Waals surface area contributed by atoms with Crippen molar-refractivity contribution >= 4 is 63.6 Å². The van der Waals surface area contributed by atoms with Crippen molar-refractivity contribution in [3.05, 3.63) is 108 Å². The van der Waals surface area contributed by atoms with Crippen molar-refractivity contribution in [1.29, 1.82) is 0 Å². The third-order valence-electron chi connectivity index (χ3n) is 5.05. The van der Waals surface area contributed by atoms with Crippen molar-refractivity contribution in [2.75, 3.05) is 0 Å². The summed E-state index contributed by atoms with van der Waals surface area (Å²) in [5, 5.41) is 8.27. The first-order valence-corrected chi connectivity index (χ1v) is 11.8. The van der Waals surface area contributed by atoms with Crippen LogP contribution in [0.3, 0.4) is 0 Å². The van der Waals surface area contributed by atoms with Crippen LogP contribution in [-0.4, -0.2) is 33.0 Å². The molecule has 7 nitrogen and oxygen atoms in total. The van der Waals surface area contributed by atoms with E-state index in [-0.39, 0.29) is 5.91 Å². The van der Waals surface area contributed by atoms with Crippen molar-refractivity contribution in [3.63, 3.8) is 0 Å². The van der Waals surface area contributed by atoms with E-state index in [4.69, 9.17) is 39.5 Å². The Kier molecular flexibility index (Phi) is 8.05. The summed E-state index contributed by atoms with van der Waals surface area (Å²) in [7, 11) is 0. The van der Waals surface area contributed by atoms with Gasteiger partial charge in [0.25, 0.3) is 11.8 Å². The van der Waals surface area contributed by atoms with Crippen LogP contribution in [0.15, 0.2) is 96.4 Å². The number of carbonyl (C=O) groups excluding carboxylic acids is 2. The first-order chi connectivity index (χ1) is 17.3. The summed E-state index contributed by atoms with van der Waals surface area (Å²) < 4.78 is 3.84. The molecule has 0 bridgehead atoms. The number of aromatic nitrogens is 1. The molecule has 4 aromatic rings. The molecular weight excluding hydrogens is 523 g/mol. The summed E-state index contributed by atoms with van der Waals surface area (Å²) in [6.07, 6.45) is 3.24. The maximum absolute atomic E-state index is 13.0. The summed E-state index contributed by atoms with van der Waals surface area (Å²) in [5.74, 6) is -0.458. The highest BCUT2D eigenvalue weighted by atomic mass is 35.6. The van der Waals surface area contributed by atoms with Crippen molar-refractivity contribution in [3.8, 4) is 5.75 Å². The number of hydrogen-bond acceptors (Lipinski definition) is 5.